The van der Waals surface area contributed by atoms with Crippen molar-refractivity contribution in [3.05, 3.63) is 29.1 Å². The Hall–Kier alpha value is -1.29. The van der Waals surface area contributed by atoms with Crippen LogP contribution in [0.1, 0.15) is 23.6 Å². The minimum absolute atomic E-state index is 0.283. The van der Waals surface area contributed by atoms with Crippen molar-refractivity contribution in [2.24, 2.45) is 11.8 Å². The van der Waals surface area contributed by atoms with Crippen molar-refractivity contribution in [1.29, 1.82) is 0 Å². The quantitative estimate of drug-likeness (QED) is 0.804. The lowest BCUT2D eigenvalue weighted by atomic mass is 10.00. The summed E-state index contributed by atoms with van der Waals surface area (Å²) in [4.78, 5) is 8.54. The van der Waals surface area contributed by atoms with Crippen LogP contribution in [0.4, 0.5) is 4.39 Å². The summed E-state index contributed by atoms with van der Waals surface area (Å²) in [6.07, 6.45) is 3.28. The van der Waals surface area contributed by atoms with Gasteiger partial charge in [-0.15, -0.1) is 0 Å². The molecule has 1 saturated heterocycles. The lowest BCUT2D eigenvalue weighted by molar-refractivity contribution is 0.535. The average molecular weight is 233 g/mol. The maximum atomic E-state index is 13.5. The molecule has 3 rings (SSSR count). The fourth-order valence-electron chi connectivity index (χ4n) is 2.79. The van der Waals surface area contributed by atoms with Crippen LogP contribution in [-0.2, 0) is 0 Å². The number of aromatic nitrogens is 2. The minimum atomic E-state index is -0.283. The molecule has 1 N–H and O–H groups in total. The highest BCUT2D eigenvalue weighted by atomic mass is 19.1. The van der Waals surface area contributed by atoms with Crippen molar-refractivity contribution in [2.45, 2.75) is 20.3 Å². The van der Waals surface area contributed by atoms with E-state index in [1.54, 1.807) is 13.8 Å². The molecule has 0 spiro atoms. The predicted molar refractivity (Wildman–Crippen MR) is 63.9 cm³/mol. The molecule has 0 aromatic carbocycles. The van der Waals surface area contributed by atoms with Gasteiger partial charge in [0.15, 0.2) is 11.6 Å². The molecule has 1 aromatic heterocycles. The van der Waals surface area contributed by atoms with E-state index in [2.05, 4.69) is 21.4 Å². The van der Waals surface area contributed by atoms with E-state index >= 15 is 0 Å². The molecular weight excluding hydrogens is 217 g/mol. The first kappa shape index (κ1) is 10.8. The van der Waals surface area contributed by atoms with E-state index in [0.717, 1.165) is 25.3 Å². The van der Waals surface area contributed by atoms with Crippen molar-refractivity contribution in [2.75, 3.05) is 13.1 Å². The number of rotatable bonds is 1. The molecule has 2 aliphatic rings. The molecule has 2 unspecified atom stereocenters. The van der Waals surface area contributed by atoms with Crippen molar-refractivity contribution >= 4 is 5.57 Å². The molecule has 1 aromatic rings. The zero-order chi connectivity index (χ0) is 12.0. The largest absolute Gasteiger partial charge is 0.316 e. The lowest BCUT2D eigenvalue weighted by Gasteiger charge is -2.07. The van der Waals surface area contributed by atoms with Crippen LogP contribution in [0.5, 0.6) is 0 Å². The van der Waals surface area contributed by atoms with Crippen molar-refractivity contribution in [3.63, 3.8) is 0 Å². The SMILES string of the molecule is Cc1nc(C2=CC3CNCC3C2)nc(C)c1F. The van der Waals surface area contributed by atoms with Crippen LogP contribution in [-0.4, -0.2) is 23.1 Å². The molecule has 2 heterocycles. The Morgan fingerprint density at radius 1 is 1.24 bits per heavy atom. The number of aryl methyl sites for hydroxylation is 2. The van der Waals surface area contributed by atoms with Gasteiger partial charge in [-0.05, 0) is 44.2 Å². The summed E-state index contributed by atoms with van der Waals surface area (Å²) in [5.74, 6) is 1.73. The summed E-state index contributed by atoms with van der Waals surface area (Å²) >= 11 is 0. The minimum Gasteiger partial charge on any atom is -0.316 e. The van der Waals surface area contributed by atoms with Crippen LogP contribution in [0.2, 0.25) is 0 Å². The summed E-state index contributed by atoms with van der Waals surface area (Å²) in [7, 11) is 0. The maximum absolute atomic E-state index is 13.5. The standard InChI is InChI=1S/C13H16FN3/c1-7-12(14)8(2)17-13(16-7)9-3-10-5-15-6-11(10)4-9/h3,10-11,15H,4-6H2,1-2H3. The number of fused-ring (bicyclic) bond motifs is 1. The molecule has 4 heteroatoms. The Morgan fingerprint density at radius 3 is 2.59 bits per heavy atom. The molecule has 0 saturated carbocycles. The first-order valence-electron chi connectivity index (χ1n) is 6.07. The normalized spacial score (nSPS) is 27.1. The van der Waals surface area contributed by atoms with E-state index in [-0.39, 0.29) is 5.82 Å². The summed E-state index contributed by atoms with van der Waals surface area (Å²) in [6, 6.07) is 0. The molecule has 1 aliphatic carbocycles. The van der Waals surface area contributed by atoms with Crippen LogP contribution >= 0.6 is 0 Å². The molecule has 90 valence electrons. The molecule has 3 nitrogen and oxygen atoms in total. The smallest absolute Gasteiger partial charge is 0.165 e. The van der Waals surface area contributed by atoms with E-state index in [1.807, 2.05) is 0 Å². The van der Waals surface area contributed by atoms with Crippen LogP contribution in [0.15, 0.2) is 6.08 Å². The lowest BCUT2D eigenvalue weighted by Crippen LogP contribution is -2.10. The van der Waals surface area contributed by atoms with Crippen molar-refractivity contribution in [1.82, 2.24) is 15.3 Å². The summed E-state index contributed by atoms with van der Waals surface area (Å²) in [5, 5.41) is 3.38. The third-order valence-corrected chi connectivity index (χ3v) is 3.76. The summed E-state index contributed by atoms with van der Waals surface area (Å²) < 4.78 is 13.5. The van der Waals surface area contributed by atoms with Crippen molar-refractivity contribution in [3.8, 4) is 0 Å². The fraction of sp³-hybridized carbons (Fsp3) is 0.538. The summed E-state index contributed by atoms with van der Waals surface area (Å²) in [6.45, 7) is 5.52. The topological polar surface area (TPSA) is 37.8 Å². The average Bonchev–Trinajstić information content (AvgIpc) is 2.84. The van der Waals surface area contributed by atoms with Crippen LogP contribution in [0.25, 0.3) is 5.57 Å². The van der Waals surface area contributed by atoms with Crippen molar-refractivity contribution < 1.29 is 4.39 Å². The van der Waals surface area contributed by atoms with Gasteiger partial charge in [0.05, 0.1) is 11.4 Å². The van der Waals surface area contributed by atoms with E-state index in [9.17, 15) is 4.39 Å². The van der Waals surface area contributed by atoms with Crippen LogP contribution < -0.4 is 5.32 Å². The van der Waals surface area contributed by atoms with Gasteiger partial charge in [0.25, 0.3) is 0 Å². The number of hydrogen-bond acceptors (Lipinski definition) is 3. The van der Waals surface area contributed by atoms with E-state index in [0.29, 0.717) is 23.2 Å². The molecule has 0 amide bonds. The third kappa shape index (κ3) is 1.76. The second kappa shape index (κ2) is 3.88. The Balaban J connectivity index is 1.95. The van der Waals surface area contributed by atoms with Gasteiger partial charge in [-0.3, -0.25) is 0 Å². The number of nitrogens with zero attached hydrogens (tertiary/aromatic N) is 2. The van der Waals surface area contributed by atoms with Gasteiger partial charge in [0.1, 0.15) is 0 Å². The molecule has 1 aliphatic heterocycles. The van der Waals surface area contributed by atoms with Gasteiger partial charge in [-0.25, -0.2) is 14.4 Å². The highest BCUT2D eigenvalue weighted by Gasteiger charge is 2.32. The number of nitrogens with one attached hydrogen (secondary N) is 1. The maximum Gasteiger partial charge on any atom is 0.165 e. The molecule has 0 radical (unpaired) electrons. The Morgan fingerprint density at radius 2 is 1.94 bits per heavy atom. The Labute approximate surface area is 100 Å². The molecule has 2 atom stereocenters. The monoisotopic (exact) mass is 233 g/mol. The molecule has 1 fully saturated rings. The zero-order valence-corrected chi connectivity index (χ0v) is 10.1. The van der Waals surface area contributed by atoms with Gasteiger partial charge in [0, 0.05) is 6.54 Å². The number of hydrogen-bond donors (Lipinski definition) is 1. The van der Waals surface area contributed by atoms with Gasteiger partial charge in [-0.1, -0.05) is 6.08 Å². The number of allylic oxidation sites excluding steroid dienone is 1. The van der Waals surface area contributed by atoms with E-state index in [4.69, 9.17) is 0 Å². The van der Waals surface area contributed by atoms with Crippen LogP contribution in [0.3, 0.4) is 0 Å². The first-order chi connectivity index (χ1) is 8.15. The van der Waals surface area contributed by atoms with Crippen LogP contribution in [0, 0.1) is 31.5 Å². The molecule has 17 heavy (non-hydrogen) atoms. The Bertz CT molecular complexity index is 472. The van der Waals surface area contributed by atoms with Gasteiger partial charge in [-0.2, -0.15) is 0 Å². The fourth-order valence-corrected chi connectivity index (χ4v) is 2.79. The van der Waals surface area contributed by atoms with E-state index in [1.165, 1.54) is 5.57 Å². The highest BCUT2D eigenvalue weighted by Crippen LogP contribution is 2.37. The predicted octanol–water partition coefficient (Wildman–Crippen LogP) is 1.86. The van der Waals surface area contributed by atoms with Gasteiger partial charge < -0.3 is 5.32 Å². The second-order valence-electron chi connectivity index (χ2n) is 5.01. The molecular formula is C13H16FN3. The third-order valence-electron chi connectivity index (χ3n) is 3.76. The number of halogens is 1. The second-order valence-corrected chi connectivity index (χ2v) is 5.01. The van der Waals surface area contributed by atoms with Gasteiger partial charge >= 0.3 is 0 Å². The first-order valence-corrected chi connectivity index (χ1v) is 6.07. The zero-order valence-electron chi connectivity index (χ0n) is 10.1. The molecule has 0 bridgehead atoms. The Kier molecular flexibility index (Phi) is 2.47. The highest BCUT2D eigenvalue weighted by molar-refractivity contribution is 5.63. The summed E-state index contributed by atoms with van der Waals surface area (Å²) in [5.41, 5.74) is 2.08. The van der Waals surface area contributed by atoms with Gasteiger partial charge in [0.2, 0.25) is 0 Å². The van der Waals surface area contributed by atoms with E-state index < -0.39 is 0 Å².